The van der Waals surface area contributed by atoms with Gasteiger partial charge in [-0.15, -0.1) is 15.0 Å². The van der Waals surface area contributed by atoms with Crippen molar-refractivity contribution >= 4 is 0 Å². The van der Waals surface area contributed by atoms with E-state index in [4.69, 9.17) is 4.74 Å². The van der Waals surface area contributed by atoms with E-state index in [2.05, 4.69) is 20.7 Å². The van der Waals surface area contributed by atoms with Gasteiger partial charge < -0.3 is 10.1 Å². The van der Waals surface area contributed by atoms with E-state index in [-0.39, 0.29) is 0 Å². The molecule has 1 unspecified atom stereocenters. The second-order valence-corrected chi connectivity index (χ2v) is 4.65. The number of nitrogens with zero attached hydrogens (tertiary/aromatic N) is 4. The molecule has 1 saturated heterocycles. The molecule has 1 fully saturated rings. The maximum Gasteiger partial charge on any atom is 0.179 e. The SMILES string of the molecule is COc1ccccc1-n1nnc(C2CCCNC2)n1. The Morgan fingerprint density at radius 2 is 2.26 bits per heavy atom. The number of hydrogen-bond acceptors (Lipinski definition) is 5. The lowest BCUT2D eigenvalue weighted by Crippen LogP contribution is -2.29. The quantitative estimate of drug-likeness (QED) is 0.895. The van der Waals surface area contributed by atoms with E-state index in [1.165, 1.54) is 0 Å². The van der Waals surface area contributed by atoms with Crippen molar-refractivity contribution in [3.05, 3.63) is 30.1 Å². The first-order chi connectivity index (χ1) is 9.38. The molecule has 1 atom stereocenters. The molecule has 2 aromatic rings. The standard InChI is InChI=1S/C13H17N5O/c1-19-12-7-3-2-6-11(12)18-16-13(15-17-18)10-5-4-8-14-9-10/h2-3,6-7,10,14H,4-5,8-9H2,1H3. The van der Waals surface area contributed by atoms with E-state index in [0.29, 0.717) is 5.92 Å². The molecule has 1 aliphatic rings. The zero-order chi connectivity index (χ0) is 13.1. The molecular formula is C13H17N5O. The molecule has 0 bridgehead atoms. The fourth-order valence-corrected chi connectivity index (χ4v) is 2.36. The number of benzene rings is 1. The van der Waals surface area contributed by atoms with Crippen LogP contribution in [-0.4, -0.2) is 40.4 Å². The first-order valence-electron chi connectivity index (χ1n) is 6.52. The van der Waals surface area contributed by atoms with Crippen LogP contribution >= 0.6 is 0 Å². The molecule has 1 aromatic carbocycles. The Bertz CT molecular complexity index is 547. The number of piperidine rings is 1. The van der Waals surface area contributed by atoms with Gasteiger partial charge in [0.1, 0.15) is 11.4 Å². The molecule has 0 spiro atoms. The molecule has 0 radical (unpaired) electrons. The third kappa shape index (κ3) is 2.44. The largest absolute Gasteiger partial charge is 0.494 e. The van der Waals surface area contributed by atoms with Crippen molar-refractivity contribution in [1.82, 2.24) is 25.5 Å². The lowest BCUT2D eigenvalue weighted by Gasteiger charge is -2.19. The molecule has 1 N–H and O–H groups in total. The Kier molecular flexibility index (Phi) is 3.41. The van der Waals surface area contributed by atoms with Gasteiger partial charge in [0.05, 0.1) is 7.11 Å². The number of hydrogen-bond donors (Lipinski definition) is 1. The van der Waals surface area contributed by atoms with Gasteiger partial charge in [0.15, 0.2) is 5.82 Å². The average molecular weight is 259 g/mol. The molecule has 19 heavy (non-hydrogen) atoms. The van der Waals surface area contributed by atoms with Crippen molar-refractivity contribution < 1.29 is 4.74 Å². The average Bonchev–Trinajstić information content (AvgIpc) is 2.98. The Morgan fingerprint density at radius 3 is 3.05 bits per heavy atom. The highest BCUT2D eigenvalue weighted by atomic mass is 16.5. The molecular weight excluding hydrogens is 242 g/mol. The topological polar surface area (TPSA) is 64.9 Å². The zero-order valence-corrected chi connectivity index (χ0v) is 10.9. The summed E-state index contributed by atoms with van der Waals surface area (Å²) in [5.41, 5.74) is 0.813. The van der Waals surface area contributed by atoms with Crippen LogP contribution in [0.5, 0.6) is 5.75 Å². The van der Waals surface area contributed by atoms with Gasteiger partial charge >= 0.3 is 0 Å². The minimum absolute atomic E-state index is 0.359. The monoisotopic (exact) mass is 259 g/mol. The lowest BCUT2D eigenvalue weighted by molar-refractivity contribution is 0.409. The third-order valence-electron chi connectivity index (χ3n) is 3.39. The van der Waals surface area contributed by atoms with E-state index >= 15 is 0 Å². The van der Waals surface area contributed by atoms with Crippen LogP contribution in [-0.2, 0) is 0 Å². The summed E-state index contributed by atoms with van der Waals surface area (Å²) >= 11 is 0. The number of rotatable bonds is 3. The molecule has 1 aliphatic heterocycles. The van der Waals surface area contributed by atoms with Crippen LogP contribution in [0.15, 0.2) is 24.3 Å². The molecule has 100 valence electrons. The number of ether oxygens (including phenoxy) is 1. The molecule has 6 nitrogen and oxygen atoms in total. The molecule has 0 aliphatic carbocycles. The van der Waals surface area contributed by atoms with Crippen molar-refractivity contribution in [2.45, 2.75) is 18.8 Å². The predicted molar refractivity (Wildman–Crippen MR) is 70.6 cm³/mol. The summed E-state index contributed by atoms with van der Waals surface area (Å²) in [5, 5.41) is 16.2. The number of para-hydroxylation sites is 2. The Labute approximate surface area is 111 Å². The number of nitrogens with one attached hydrogen (secondary N) is 1. The maximum atomic E-state index is 5.31. The normalized spacial score (nSPS) is 19.3. The highest BCUT2D eigenvalue weighted by Crippen LogP contribution is 2.22. The second-order valence-electron chi connectivity index (χ2n) is 4.65. The summed E-state index contributed by atoms with van der Waals surface area (Å²) < 4.78 is 5.31. The summed E-state index contributed by atoms with van der Waals surface area (Å²) in [5.74, 6) is 1.91. The lowest BCUT2D eigenvalue weighted by atomic mass is 9.99. The summed E-state index contributed by atoms with van der Waals surface area (Å²) in [4.78, 5) is 1.54. The van der Waals surface area contributed by atoms with Crippen molar-refractivity contribution in [2.75, 3.05) is 20.2 Å². The smallest absolute Gasteiger partial charge is 0.179 e. The number of tetrazole rings is 1. The van der Waals surface area contributed by atoms with Gasteiger partial charge in [0.2, 0.25) is 0 Å². The van der Waals surface area contributed by atoms with Crippen LogP contribution in [0, 0.1) is 0 Å². The van der Waals surface area contributed by atoms with Gasteiger partial charge in [0, 0.05) is 12.5 Å². The Hall–Kier alpha value is -1.95. The first kappa shape index (κ1) is 12.1. The van der Waals surface area contributed by atoms with Gasteiger partial charge in [0.25, 0.3) is 0 Å². The van der Waals surface area contributed by atoms with E-state index in [9.17, 15) is 0 Å². The van der Waals surface area contributed by atoms with Crippen molar-refractivity contribution in [2.24, 2.45) is 0 Å². The molecule has 0 saturated carbocycles. The number of aromatic nitrogens is 4. The van der Waals surface area contributed by atoms with Gasteiger partial charge in [-0.1, -0.05) is 12.1 Å². The Balaban J connectivity index is 1.88. The van der Waals surface area contributed by atoms with Crippen molar-refractivity contribution in [3.8, 4) is 11.4 Å². The van der Waals surface area contributed by atoms with Crippen molar-refractivity contribution in [1.29, 1.82) is 0 Å². The highest BCUT2D eigenvalue weighted by Gasteiger charge is 2.20. The van der Waals surface area contributed by atoms with Crippen LogP contribution in [0.2, 0.25) is 0 Å². The van der Waals surface area contributed by atoms with E-state index in [0.717, 1.165) is 43.2 Å². The molecule has 0 amide bonds. The maximum absolute atomic E-state index is 5.31. The fraction of sp³-hybridized carbons (Fsp3) is 0.462. The summed E-state index contributed by atoms with van der Waals surface area (Å²) in [6.45, 7) is 2.01. The van der Waals surface area contributed by atoms with E-state index in [1.54, 1.807) is 11.9 Å². The minimum atomic E-state index is 0.359. The molecule has 2 heterocycles. The van der Waals surface area contributed by atoms with Crippen molar-refractivity contribution in [3.63, 3.8) is 0 Å². The molecule has 3 rings (SSSR count). The van der Waals surface area contributed by atoms with Crippen LogP contribution in [0.1, 0.15) is 24.6 Å². The van der Waals surface area contributed by atoms with Crippen LogP contribution in [0.4, 0.5) is 0 Å². The Morgan fingerprint density at radius 1 is 1.37 bits per heavy atom. The van der Waals surface area contributed by atoms with Crippen LogP contribution in [0.25, 0.3) is 5.69 Å². The summed E-state index contributed by atoms with van der Waals surface area (Å²) in [6, 6.07) is 7.66. The van der Waals surface area contributed by atoms with Gasteiger partial charge in [-0.05, 0) is 36.7 Å². The third-order valence-corrected chi connectivity index (χ3v) is 3.39. The van der Waals surface area contributed by atoms with Crippen LogP contribution < -0.4 is 10.1 Å². The van der Waals surface area contributed by atoms with Gasteiger partial charge in [-0.2, -0.15) is 0 Å². The molecule has 1 aromatic heterocycles. The van der Waals surface area contributed by atoms with E-state index in [1.807, 2.05) is 24.3 Å². The molecule has 6 heteroatoms. The van der Waals surface area contributed by atoms with E-state index < -0.39 is 0 Å². The second kappa shape index (κ2) is 5.36. The highest BCUT2D eigenvalue weighted by molar-refractivity contribution is 5.44. The number of methoxy groups -OCH3 is 1. The minimum Gasteiger partial charge on any atom is -0.494 e. The zero-order valence-electron chi connectivity index (χ0n) is 10.9. The first-order valence-corrected chi connectivity index (χ1v) is 6.52. The van der Waals surface area contributed by atoms with Crippen LogP contribution in [0.3, 0.4) is 0 Å². The summed E-state index contributed by atoms with van der Waals surface area (Å²) in [7, 11) is 1.64. The van der Waals surface area contributed by atoms with Gasteiger partial charge in [-0.25, -0.2) is 0 Å². The summed E-state index contributed by atoms with van der Waals surface area (Å²) in [6.07, 6.45) is 2.28. The van der Waals surface area contributed by atoms with Gasteiger partial charge in [-0.3, -0.25) is 0 Å². The predicted octanol–water partition coefficient (Wildman–Crippen LogP) is 1.14. The fourth-order valence-electron chi connectivity index (χ4n) is 2.36.